The Kier molecular flexibility index (Phi) is 7.12. The molecule has 0 aromatic heterocycles. The molecule has 0 unspecified atom stereocenters. The Labute approximate surface area is 356 Å². The highest BCUT2D eigenvalue weighted by Crippen LogP contribution is 2.48. The average molecular weight is 777 g/mol. The molecule has 0 aliphatic carbocycles. The van der Waals surface area contributed by atoms with Gasteiger partial charge in [-0.25, -0.2) is 0 Å². The maximum Gasteiger partial charge on any atom is 0.252 e. The molecule has 0 saturated carbocycles. The lowest BCUT2D eigenvalue weighted by Crippen LogP contribution is -2.61. The van der Waals surface area contributed by atoms with Crippen LogP contribution in [0.1, 0.15) is 26.3 Å². The molecular weight excluding hydrogens is 735 g/mol. The number of nitrogens with zero attached hydrogens (tertiary/aromatic N) is 2. The van der Waals surface area contributed by atoms with Gasteiger partial charge >= 0.3 is 0 Å². The molecule has 2 aliphatic rings. The van der Waals surface area contributed by atoms with E-state index in [2.05, 4.69) is 225 Å². The van der Waals surface area contributed by atoms with E-state index >= 15 is 0 Å². The third kappa shape index (κ3) is 5.04. The number of para-hydroxylation sites is 2. The SMILES string of the molecule is CC(C)(C)c1ccc2ccc3cc(-c4cc5c6c(c4)N(c4ccccc4)c4cc7ccccc7cc4B6c4cc6ccccc6cc4N5c4ccccc4)cc4ccc1c2c34. The van der Waals surface area contributed by atoms with Crippen LogP contribution in [-0.2, 0) is 5.41 Å². The van der Waals surface area contributed by atoms with Gasteiger partial charge in [-0.3, -0.25) is 0 Å². The molecule has 13 rings (SSSR count). The smallest absolute Gasteiger partial charge is 0.252 e. The topological polar surface area (TPSA) is 6.48 Å². The third-order valence-corrected chi connectivity index (χ3v) is 13.6. The second-order valence-electron chi connectivity index (χ2n) is 18.2. The zero-order chi connectivity index (χ0) is 40.6. The summed E-state index contributed by atoms with van der Waals surface area (Å²) >= 11 is 0. The summed E-state index contributed by atoms with van der Waals surface area (Å²) in [6.45, 7) is 6.98. The molecule has 0 saturated heterocycles. The van der Waals surface area contributed by atoms with Crippen LogP contribution in [0.2, 0.25) is 0 Å². The van der Waals surface area contributed by atoms with Crippen molar-refractivity contribution in [3.05, 3.63) is 200 Å². The van der Waals surface area contributed by atoms with Gasteiger partial charge in [-0.05, 0) is 153 Å². The molecule has 61 heavy (non-hydrogen) atoms. The minimum Gasteiger partial charge on any atom is -0.311 e. The molecule has 0 amide bonds. The van der Waals surface area contributed by atoms with Crippen molar-refractivity contribution in [2.24, 2.45) is 0 Å². The molecule has 286 valence electrons. The van der Waals surface area contributed by atoms with Gasteiger partial charge in [0.2, 0.25) is 0 Å². The van der Waals surface area contributed by atoms with E-state index in [9.17, 15) is 0 Å². The average Bonchev–Trinajstić information content (AvgIpc) is 3.29. The summed E-state index contributed by atoms with van der Waals surface area (Å²) < 4.78 is 0. The Hall–Kier alpha value is -7.36. The Morgan fingerprint density at radius 2 is 0.803 bits per heavy atom. The first-order chi connectivity index (χ1) is 29.9. The van der Waals surface area contributed by atoms with Crippen LogP contribution in [0.3, 0.4) is 0 Å². The zero-order valence-electron chi connectivity index (χ0n) is 34.4. The lowest BCUT2D eigenvalue weighted by atomic mass is 9.33. The maximum atomic E-state index is 2.54. The molecule has 0 spiro atoms. The minimum atomic E-state index is 0.0145. The number of rotatable bonds is 3. The van der Waals surface area contributed by atoms with Gasteiger partial charge in [-0.1, -0.05) is 154 Å². The van der Waals surface area contributed by atoms with Gasteiger partial charge in [0.1, 0.15) is 0 Å². The lowest BCUT2D eigenvalue weighted by molar-refractivity contribution is 0.596. The summed E-state index contributed by atoms with van der Waals surface area (Å²) in [7, 11) is 0. The number of hydrogen-bond acceptors (Lipinski definition) is 2. The van der Waals surface area contributed by atoms with E-state index in [4.69, 9.17) is 0 Å². The third-order valence-electron chi connectivity index (χ3n) is 13.6. The fraction of sp³-hybridized carbons (Fsp3) is 0.0690. The van der Waals surface area contributed by atoms with Gasteiger partial charge in [0.25, 0.3) is 6.71 Å². The van der Waals surface area contributed by atoms with Gasteiger partial charge in [-0.2, -0.15) is 0 Å². The summed E-state index contributed by atoms with van der Waals surface area (Å²) in [6.07, 6.45) is 0. The minimum absolute atomic E-state index is 0.0145. The maximum absolute atomic E-state index is 2.54. The van der Waals surface area contributed by atoms with Crippen LogP contribution in [0.4, 0.5) is 34.1 Å². The van der Waals surface area contributed by atoms with Crippen molar-refractivity contribution in [3.8, 4) is 11.1 Å². The molecule has 2 nitrogen and oxygen atoms in total. The van der Waals surface area contributed by atoms with Gasteiger partial charge in [0.05, 0.1) is 0 Å². The molecule has 0 radical (unpaired) electrons. The molecule has 11 aromatic carbocycles. The van der Waals surface area contributed by atoms with Crippen molar-refractivity contribution >= 4 is 111 Å². The number of hydrogen-bond donors (Lipinski definition) is 0. The van der Waals surface area contributed by atoms with Crippen molar-refractivity contribution in [1.82, 2.24) is 0 Å². The second kappa shape index (κ2) is 12.6. The van der Waals surface area contributed by atoms with Crippen LogP contribution in [0.5, 0.6) is 0 Å². The molecule has 2 aliphatic heterocycles. The van der Waals surface area contributed by atoms with E-state index in [1.165, 1.54) is 110 Å². The molecule has 0 atom stereocenters. The monoisotopic (exact) mass is 776 g/mol. The molecule has 3 heteroatoms. The highest BCUT2D eigenvalue weighted by molar-refractivity contribution is 7.00. The largest absolute Gasteiger partial charge is 0.311 e. The first kappa shape index (κ1) is 34.5. The van der Waals surface area contributed by atoms with E-state index in [1.54, 1.807) is 0 Å². The van der Waals surface area contributed by atoms with Crippen LogP contribution in [0, 0.1) is 0 Å². The fourth-order valence-electron chi connectivity index (χ4n) is 10.9. The molecule has 11 aromatic rings. The van der Waals surface area contributed by atoms with E-state index in [-0.39, 0.29) is 12.1 Å². The van der Waals surface area contributed by atoms with Gasteiger partial charge in [0, 0.05) is 34.1 Å². The zero-order valence-corrected chi connectivity index (χ0v) is 34.4. The highest BCUT2D eigenvalue weighted by atomic mass is 15.2. The Balaban J connectivity index is 1.15. The molecule has 0 bridgehead atoms. The van der Waals surface area contributed by atoms with Crippen LogP contribution >= 0.6 is 0 Å². The second-order valence-corrected chi connectivity index (χ2v) is 18.2. The van der Waals surface area contributed by atoms with E-state index in [0.29, 0.717) is 0 Å². The van der Waals surface area contributed by atoms with Crippen LogP contribution in [0.15, 0.2) is 194 Å². The molecule has 0 fully saturated rings. The van der Waals surface area contributed by atoms with Crippen molar-refractivity contribution in [2.75, 3.05) is 9.80 Å². The van der Waals surface area contributed by atoms with Gasteiger partial charge in [0.15, 0.2) is 0 Å². The first-order valence-electron chi connectivity index (χ1n) is 21.5. The molecular formula is C58H41BN2. The number of anilines is 6. The summed E-state index contributed by atoms with van der Waals surface area (Å²) in [5, 5.41) is 12.9. The standard InChI is InChI=1S/C58H41BN2/c1-58(2,3)48-27-25-36-22-23-41-28-43(29-42-24-26-47(48)56(36)55(41)42)44-34-53-57-54(35-44)61(46-20-8-5-9-21-46)52-33-40-17-13-11-15-38(40)31-50(52)59(57)49-30-37-14-10-12-16-39(37)32-51(49)60(53)45-18-6-4-7-19-45/h4-35H,1-3H3. The van der Waals surface area contributed by atoms with Crippen LogP contribution < -0.4 is 26.2 Å². The highest BCUT2D eigenvalue weighted by Gasteiger charge is 2.44. The van der Waals surface area contributed by atoms with Gasteiger partial charge < -0.3 is 9.80 Å². The molecule has 2 heterocycles. The van der Waals surface area contributed by atoms with Gasteiger partial charge in [-0.15, -0.1) is 0 Å². The number of benzene rings is 11. The van der Waals surface area contributed by atoms with Crippen molar-refractivity contribution in [3.63, 3.8) is 0 Å². The summed E-state index contributed by atoms with van der Waals surface area (Å²) in [6, 6.07) is 73.3. The molecule has 0 N–H and O–H groups in total. The summed E-state index contributed by atoms with van der Waals surface area (Å²) in [5.41, 5.74) is 15.0. The van der Waals surface area contributed by atoms with Crippen molar-refractivity contribution in [2.45, 2.75) is 26.2 Å². The Morgan fingerprint density at radius 3 is 1.33 bits per heavy atom. The number of fused-ring (bicyclic) bond motifs is 6. The summed E-state index contributed by atoms with van der Waals surface area (Å²) in [4.78, 5) is 5.07. The van der Waals surface area contributed by atoms with Crippen molar-refractivity contribution in [1.29, 1.82) is 0 Å². The van der Waals surface area contributed by atoms with E-state index < -0.39 is 0 Å². The quantitative estimate of drug-likeness (QED) is 0.130. The van der Waals surface area contributed by atoms with E-state index in [1.807, 2.05) is 0 Å². The van der Waals surface area contributed by atoms with Crippen LogP contribution in [-0.4, -0.2) is 6.71 Å². The Bertz CT molecular complexity index is 3420. The predicted octanol–water partition coefficient (Wildman–Crippen LogP) is 13.9. The fourth-order valence-corrected chi connectivity index (χ4v) is 10.9. The first-order valence-corrected chi connectivity index (χ1v) is 21.5. The Morgan fingerprint density at radius 1 is 0.361 bits per heavy atom. The normalized spacial score (nSPS) is 13.4. The van der Waals surface area contributed by atoms with E-state index in [0.717, 1.165) is 11.4 Å². The van der Waals surface area contributed by atoms with Crippen LogP contribution in [0.25, 0.3) is 65.0 Å². The summed E-state index contributed by atoms with van der Waals surface area (Å²) in [5.74, 6) is 0. The lowest BCUT2D eigenvalue weighted by Gasteiger charge is -2.44. The predicted molar refractivity (Wildman–Crippen MR) is 263 cm³/mol. The van der Waals surface area contributed by atoms with Crippen molar-refractivity contribution < 1.29 is 0 Å².